The molecule has 3 aromatic rings. The Balaban J connectivity index is 1.79. The van der Waals surface area contributed by atoms with E-state index in [-0.39, 0.29) is 5.91 Å². The Morgan fingerprint density at radius 1 is 1.09 bits per heavy atom. The Morgan fingerprint density at radius 3 is 2.45 bits per heavy atom. The number of anilines is 3. The van der Waals surface area contributed by atoms with Gasteiger partial charge in [0.1, 0.15) is 0 Å². The number of carbonyl (C=O) groups is 1. The molecule has 0 radical (unpaired) electrons. The summed E-state index contributed by atoms with van der Waals surface area (Å²) in [5.74, 6) is -0.217. The number of amides is 1. The third kappa shape index (κ3) is 5.31. The first-order valence-electron chi connectivity index (χ1n) is 10.8. The van der Waals surface area contributed by atoms with Crippen molar-refractivity contribution in [3.8, 4) is 0 Å². The van der Waals surface area contributed by atoms with Crippen LogP contribution in [0.15, 0.2) is 60.0 Å². The highest BCUT2D eigenvalue weighted by Gasteiger charge is 2.36. The van der Waals surface area contributed by atoms with Crippen LogP contribution in [-0.2, 0) is 9.30 Å². The zero-order chi connectivity index (χ0) is 23.4. The van der Waals surface area contributed by atoms with Crippen molar-refractivity contribution in [3.63, 3.8) is 0 Å². The van der Waals surface area contributed by atoms with Crippen molar-refractivity contribution in [2.24, 2.45) is 0 Å². The molecule has 7 nitrogen and oxygen atoms in total. The molecule has 1 amide bonds. The first-order valence-corrected chi connectivity index (χ1v) is 13.4. The van der Waals surface area contributed by atoms with Gasteiger partial charge in [0, 0.05) is 38.6 Å². The Bertz CT molecular complexity index is 1140. The van der Waals surface area contributed by atoms with Gasteiger partial charge in [0.05, 0.1) is 29.1 Å². The molecular formula is C24H29N4O3PS. The van der Waals surface area contributed by atoms with Gasteiger partial charge in [0.15, 0.2) is 0 Å². The van der Waals surface area contributed by atoms with Crippen LogP contribution in [0.1, 0.15) is 15.2 Å². The fraction of sp³-hybridized carbons (Fsp3) is 0.292. The highest BCUT2D eigenvalue weighted by molar-refractivity contribution is 7.71. The van der Waals surface area contributed by atoms with Gasteiger partial charge >= 0.3 is 0 Å². The Morgan fingerprint density at radius 2 is 1.82 bits per heavy atom. The second-order valence-corrected chi connectivity index (χ2v) is 11.5. The molecule has 1 aliphatic rings. The number of thiophene rings is 1. The lowest BCUT2D eigenvalue weighted by Gasteiger charge is -2.36. The third-order valence-electron chi connectivity index (χ3n) is 5.53. The van der Waals surface area contributed by atoms with Crippen molar-refractivity contribution in [2.45, 2.75) is 6.92 Å². The summed E-state index contributed by atoms with van der Waals surface area (Å²) in [6.45, 7) is 4.09. The lowest BCUT2D eigenvalue weighted by atomic mass is 10.2. The van der Waals surface area contributed by atoms with Gasteiger partial charge in [0.25, 0.3) is 13.4 Å². The minimum absolute atomic E-state index is 0.217. The van der Waals surface area contributed by atoms with Crippen molar-refractivity contribution >= 4 is 47.1 Å². The number of aryl methyl sites for hydroxylation is 1. The second kappa shape index (κ2) is 10.1. The first-order chi connectivity index (χ1) is 15.9. The number of hydrogen-bond acceptors (Lipinski definition) is 5. The van der Waals surface area contributed by atoms with E-state index in [1.807, 2.05) is 84.5 Å². The van der Waals surface area contributed by atoms with Crippen LogP contribution in [0.4, 0.5) is 17.1 Å². The van der Waals surface area contributed by atoms with Gasteiger partial charge in [-0.2, -0.15) is 0 Å². The fourth-order valence-corrected chi connectivity index (χ4v) is 6.81. The molecule has 0 saturated carbocycles. The molecule has 4 rings (SSSR count). The topological polar surface area (TPSA) is 73.9 Å². The molecule has 1 saturated heterocycles. The number of ether oxygens (including phenoxy) is 1. The predicted molar refractivity (Wildman–Crippen MR) is 137 cm³/mol. The van der Waals surface area contributed by atoms with Gasteiger partial charge in [-0.3, -0.25) is 9.36 Å². The predicted octanol–water partition coefficient (Wildman–Crippen LogP) is 4.64. The zero-order valence-electron chi connectivity index (χ0n) is 19.1. The van der Waals surface area contributed by atoms with Gasteiger partial charge in [0.2, 0.25) is 0 Å². The van der Waals surface area contributed by atoms with E-state index in [1.54, 1.807) is 6.07 Å². The summed E-state index contributed by atoms with van der Waals surface area (Å²) < 4.78 is 22.3. The van der Waals surface area contributed by atoms with E-state index in [0.29, 0.717) is 42.2 Å². The van der Waals surface area contributed by atoms with Gasteiger partial charge in [-0.25, -0.2) is 4.67 Å². The maximum absolute atomic E-state index is 14.8. The summed E-state index contributed by atoms with van der Waals surface area (Å²) in [4.78, 5) is 15.5. The van der Waals surface area contributed by atoms with Crippen LogP contribution in [-0.4, -0.2) is 51.0 Å². The van der Waals surface area contributed by atoms with Crippen LogP contribution in [0.2, 0.25) is 0 Å². The van der Waals surface area contributed by atoms with Crippen molar-refractivity contribution in [2.75, 3.05) is 55.7 Å². The molecule has 9 heteroatoms. The quantitative estimate of drug-likeness (QED) is 0.476. The normalized spacial score (nSPS) is 16.1. The van der Waals surface area contributed by atoms with Crippen molar-refractivity contribution in [1.29, 1.82) is 0 Å². The number of hydrogen-bond donors (Lipinski definition) is 2. The van der Waals surface area contributed by atoms with Gasteiger partial charge in [-0.05, 0) is 48.7 Å². The Hall–Kier alpha value is -2.64. The maximum Gasteiger partial charge on any atom is 0.268 e. The molecule has 0 bridgehead atoms. The number of benzene rings is 2. The minimum Gasteiger partial charge on any atom is -0.379 e. The summed E-state index contributed by atoms with van der Waals surface area (Å²) in [6, 6.07) is 17.1. The first kappa shape index (κ1) is 23.5. The second-order valence-electron chi connectivity index (χ2n) is 8.15. The molecule has 0 aliphatic carbocycles. The molecule has 2 aromatic carbocycles. The molecule has 2 N–H and O–H groups in total. The van der Waals surface area contributed by atoms with Crippen molar-refractivity contribution in [3.05, 3.63) is 70.4 Å². The average Bonchev–Trinajstić information content (AvgIpc) is 3.36. The Kier molecular flexibility index (Phi) is 7.20. The summed E-state index contributed by atoms with van der Waals surface area (Å²) in [7, 11) is 0.542. The molecule has 1 atom stereocenters. The lowest BCUT2D eigenvalue weighted by molar-refractivity contribution is 0.0729. The van der Waals surface area contributed by atoms with E-state index in [0.717, 1.165) is 16.9 Å². The van der Waals surface area contributed by atoms with E-state index in [1.165, 1.54) is 11.3 Å². The van der Waals surface area contributed by atoms with E-state index in [2.05, 4.69) is 10.4 Å². The van der Waals surface area contributed by atoms with E-state index >= 15 is 0 Å². The molecule has 33 heavy (non-hydrogen) atoms. The molecule has 1 fully saturated rings. The van der Waals surface area contributed by atoms with Gasteiger partial charge in [-0.15, -0.1) is 11.3 Å². The molecule has 174 valence electrons. The van der Waals surface area contributed by atoms with Crippen LogP contribution >= 0.6 is 18.8 Å². The molecule has 0 unspecified atom stereocenters. The Labute approximate surface area is 198 Å². The maximum atomic E-state index is 14.8. The van der Waals surface area contributed by atoms with Crippen LogP contribution in [0.3, 0.4) is 0 Å². The fourth-order valence-electron chi connectivity index (χ4n) is 3.68. The zero-order valence-corrected chi connectivity index (χ0v) is 20.8. The lowest BCUT2D eigenvalue weighted by Crippen LogP contribution is -2.39. The van der Waals surface area contributed by atoms with Crippen molar-refractivity contribution in [1.82, 2.24) is 4.67 Å². The van der Waals surface area contributed by atoms with Crippen LogP contribution in [0.25, 0.3) is 0 Å². The van der Waals surface area contributed by atoms with E-state index < -0.39 is 7.44 Å². The summed E-state index contributed by atoms with van der Waals surface area (Å²) in [6.07, 6.45) is 0. The van der Waals surface area contributed by atoms with E-state index in [9.17, 15) is 9.36 Å². The largest absolute Gasteiger partial charge is 0.379 e. The summed E-state index contributed by atoms with van der Waals surface area (Å²) >= 11 is 1.37. The molecule has 1 aromatic heterocycles. The van der Waals surface area contributed by atoms with E-state index in [4.69, 9.17) is 4.74 Å². The smallest absolute Gasteiger partial charge is 0.268 e. The number of morpholine rings is 1. The number of nitrogens with zero attached hydrogens (tertiary/aromatic N) is 2. The van der Waals surface area contributed by atoms with Crippen LogP contribution in [0, 0.1) is 6.92 Å². The monoisotopic (exact) mass is 484 g/mol. The third-order valence-corrected chi connectivity index (χ3v) is 9.20. The summed E-state index contributed by atoms with van der Waals surface area (Å²) in [5, 5.41) is 8.79. The number of rotatable bonds is 7. The highest BCUT2D eigenvalue weighted by atomic mass is 32.1. The number of nitrogens with one attached hydrogen (secondary N) is 2. The van der Waals surface area contributed by atoms with Crippen LogP contribution in [0.5, 0.6) is 0 Å². The standard InChI is InChI=1S/C24H29N4O3PS/c1-18-6-8-19(9-7-18)26-32(30,28-12-14-31-15-13-28)22-11-10-20(27(2)3)17-21(22)25-24(29)23-5-4-16-33-23/h4-11,16-17H,12-15H2,1-3H3,(H,25,29)(H,26,30)/t32-/m0/s1. The molecule has 0 spiro atoms. The molecular weight excluding hydrogens is 455 g/mol. The van der Waals surface area contributed by atoms with Gasteiger partial charge in [-0.1, -0.05) is 23.8 Å². The minimum atomic E-state index is -3.33. The van der Waals surface area contributed by atoms with Crippen LogP contribution < -0.4 is 20.6 Å². The molecule has 1 aliphatic heterocycles. The SMILES string of the molecule is Cc1ccc(N[P@@](=O)(c2ccc(N(C)C)cc2NC(=O)c2cccs2)N2CCOCC2)cc1. The average molecular weight is 485 g/mol. The number of carbonyl (C=O) groups excluding carboxylic acids is 1. The molecule has 2 heterocycles. The summed E-state index contributed by atoms with van der Waals surface area (Å²) in [5.41, 5.74) is 3.33. The highest BCUT2D eigenvalue weighted by Crippen LogP contribution is 2.50. The van der Waals surface area contributed by atoms with Crippen molar-refractivity contribution < 1.29 is 14.1 Å². The van der Waals surface area contributed by atoms with Gasteiger partial charge < -0.3 is 20.0 Å².